The summed E-state index contributed by atoms with van der Waals surface area (Å²) >= 11 is 0. The van der Waals surface area contributed by atoms with E-state index in [2.05, 4.69) is 4.74 Å². The summed E-state index contributed by atoms with van der Waals surface area (Å²) in [5.41, 5.74) is 0. The van der Waals surface area contributed by atoms with Crippen LogP contribution in [-0.2, 0) is 14.3 Å². The zero-order valence-electron chi connectivity index (χ0n) is 8.11. The third kappa shape index (κ3) is 4.84. The Kier molecular flexibility index (Phi) is 6.02. The van der Waals surface area contributed by atoms with Crippen LogP contribution in [0.15, 0.2) is 0 Å². The fraction of sp³-hybridized carbons (Fsp3) is 0.750. The van der Waals surface area contributed by atoms with Gasteiger partial charge in [-0.15, -0.1) is 0 Å². The van der Waals surface area contributed by atoms with Gasteiger partial charge in [0.1, 0.15) is 31.0 Å². The standard InChI is InChI=1S/C8H14O7/c1-4(10)15-3-6(12)8(14)7(13)5(11)2-9/h2,5-8,11-14H,3H2,1H3/t5-,6+,7-,8+/m1/s1. The van der Waals surface area contributed by atoms with E-state index in [1.807, 2.05) is 0 Å². The van der Waals surface area contributed by atoms with Gasteiger partial charge in [0.15, 0.2) is 6.29 Å². The Morgan fingerprint density at radius 1 is 1.27 bits per heavy atom. The van der Waals surface area contributed by atoms with E-state index in [1.165, 1.54) is 0 Å². The van der Waals surface area contributed by atoms with Gasteiger partial charge in [0.05, 0.1) is 0 Å². The summed E-state index contributed by atoms with van der Waals surface area (Å²) in [6.07, 6.45) is -6.95. The molecule has 4 atom stereocenters. The van der Waals surface area contributed by atoms with E-state index >= 15 is 0 Å². The maximum atomic E-state index is 10.3. The fourth-order valence-corrected chi connectivity index (χ4v) is 0.811. The van der Waals surface area contributed by atoms with Gasteiger partial charge in [0, 0.05) is 6.92 Å². The molecule has 0 rings (SSSR count). The number of aldehydes is 1. The molecule has 0 aromatic heterocycles. The van der Waals surface area contributed by atoms with Gasteiger partial charge in [-0.05, 0) is 0 Å². The number of carbonyl (C=O) groups excluding carboxylic acids is 2. The summed E-state index contributed by atoms with van der Waals surface area (Å²) in [6.45, 7) is 0.578. The first-order valence-corrected chi connectivity index (χ1v) is 4.21. The molecule has 0 aromatic rings. The molecule has 0 spiro atoms. The summed E-state index contributed by atoms with van der Waals surface area (Å²) in [4.78, 5) is 20.4. The van der Waals surface area contributed by atoms with Crippen molar-refractivity contribution in [3.05, 3.63) is 0 Å². The molecule has 0 aliphatic carbocycles. The fourth-order valence-electron chi connectivity index (χ4n) is 0.811. The predicted octanol–water partition coefficient (Wildman–Crippen LogP) is -2.81. The number of aliphatic hydroxyl groups is 4. The van der Waals surface area contributed by atoms with Crippen molar-refractivity contribution in [3.8, 4) is 0 Å². The normalized spacial score (nSPS) is 18.7. The molecule has 0 saturated heterocycles. The molecule has 0 amide bonds. The van der Waals surface area contributed by atoms with Crippen LogP contribution in [-0.4, -0.2) is 63.7 Å². The quantitative estimate of drug-likeness (QED) is 0.282. The van der Waals surface area contributed by atoms with Gasteiger partial charge >= 0.3 is 5.97 Å². The summed E-state index contributed by atoms with van der Waals surface area (Å²) in [5, 5.41) is 36.3. The molecule has 0 unspecified atom stereocenters. The number of esters is 1. The number of ether oxygens (including phenoxy) is 1. The Bertz CT molecular complexity index is 217. The lowest BCUT2D eigenvalue weighted by molar-refractivity contribution is -0.154. The molecule has 0 heterocycles. The molecule has 15 heavy (non-hydrogen) atoms. The Hall–Kier alpha value is -1.02. The van der Waals surface area contributed by atoms with E-state index in [-0.39, 0.29) is 6.29 Å². The van der Waals surface area contributed by atoms with Crippen LogP contribution < -0.4 is 0 Å². The summed E-state index contributed by atoms with van der Waals surface area (Å²) in [5.74, 6) is -0.660. The maximum absolute atomic E-state index is 10.3. The molecule has 7 heteroatoms. The van der Waals surface area contributed by atoms with E-state index in [1.54, 1.807) is 0 Å². The van der Waals surface area contributed by atoms with Crippen LogP contribution >= 0.6 is 0 Å². The average Bonchev–Trinajstić information content (AvgIpc) is 2.22. The third-order valence-electron chi connectivity index (χ3n) is 1.69. The summed E-state index contributed by atoms with van der Waals surface area (Å²) < 4.78 is 4.36. The van der Waals surface area contributed by atoms with Gasteiger partial charge in [-0.3, -0.25) is 4.79 Å². The van der Waals surface area contributed by atoms with Crippen LogP contribution in [0.3, 0.4) is 0 Å². The van der Waals surface area contributed by atoms with Gasteiger partial charge in [0.25, 0.3) is 0 Å². The lowest BCUT2D eigenvalue weighted by atomic mass is 10.0. The van der Waals surface area contributed by atoms with Crippen LogP contribution in [0.2, 0.25) is 0 Å². The number of rotatable bonds is 6. The van der Waals surface area contributed by atoms with Crippen molar-refractivity contribution in [2.24, 2.45) is 0 Å². The van der Waals surface area contributed by atoms with Gasteiger partial charge in [-0.1, -0.05) is 0 Å². The minimum atomic E-state index is -1.83. The highest BCUT2D eigenvalue weighted by atomic mass is 16.5. The molecule has 0 aliphatic rings. The average molecular weight is 222 g/mol. The first-order chi connectivity index (χ1) is 6.90. The van der Waals surface area contributed by atoms with Gasteiger partial charge < -0.3 is 30.0 Å². The highest BCUT2D eigenvalue weighted by Crippen LogP contribution is 2.04. The lowest BCUT2D eigenvalue weighted by Gasteiger charge is -2.23. The number of carbonyl (C=O) groups is 2. The van der Waals surface area contributed by atoms with E-state index in [0.29, 0.717) is 0 Å². The first kappa shape index (κ1) is 14.0. The zero-order chi connectivity index (χ0) is 12.0. The van der Waals surface area contributed by atoms with Crippen molar-refractivity contribution in [2.75, 3.05) is 6.61 Å². The van der Waals surface area contributed by atoms with E-state index in [4.69, 9.17) is 15.3 Å². The number of aliphatic hydroxyl groups excluding tert-OH is 4. The van der Waals surface area contributed by atoms with Crippen LogP contribution in [0.1, 0.15) is 6.92 Å². The number of hydrogen-bond acceptors (Lipinski definition) is 7. The molecule has 4 N–H and O–H groups in total. The second kappa shape index (κ2) is 6.46. The molecule has 0 aliphatic heterocycles. The molecular weight excluding hydrogens is 208 g/mol. The second-order valence-electron chi connectivity index (χ2n) is 2.98. The van der Waals surface area contributed by atoms with Crippen molar-refractivity contribution >= 4 is 12.3 Å². The highest BCUT2D eigenvalue weighted by molar-refractivity contribution is 5.65. The molecule has 0 radical (unpaired) electrons. The van der Waals surface area contributed by atoms with Crippen LogP contribution in [0.5, 0.6) is 0 Å². The molecule has 0 aromatic carbocycles. The van der Waals surface area contributed by atoms with E-state index < -0.39 is 37.0 Å². The second-order valence-corrected chi connectivity index (χ2v) is 2.98. The lowest BCUT2D eigenvalue weighted by Crippen LogP contribution is -2.46. The van der Waals surface area contributed by atoms with Gasteiger partial charge in [-0.25, -0.2) is 0 Å². The minimum Gasteiger partial charge on any atom is -0.463 e. The monoisotopic (exact) mass is 222 g/mol. The van der Waals surface area contributed by atoms with Crippen molar-refractivity contribution in [1.82, 2.24) is 0 Å². The topological polar surface area (TPSA) is 124 Å². The Labute approximate surface area is 85.9 Å². The molecule has 88 valence electrons. The van der Waals surface area contributed by atoms with Crippen molar-refractivity contribution in [1.29, 1.82) is 0 Å². The third-order valence-corrected chi connectivity index (χ3v) is 1.69. The van der Waals surface area contributed by atoms with Crippen molar-refractivity contribution in [2.45, 2.75) is 31.3 Å². The first-order valence-electron chi connectivity index (χ1n) is 4.21. The summed E-state index contributed by atoms with van der Waals surface area (Å²) in [7, 11) is 0. The van der Waals surface area contributed by atoms with Crippen molar-refractivity contribution < 1.29 is 34.8 Å². The van der Waals surface area contributed by atoms with Crippen LogP contribution in [0, 0.1) is 0 Å². The summed E-state index contributed by atoms with van der Waals surface area (Å²) in [6, 6.07) is 0. The molecule has 0 fully saturated rings. The predicted molar refractivity (Wildman–Crippen MR) is 46.7 cm³/mol. The maximum Gasteiger partial charge on any atom is 0.302 e. The SMILES string of the molecule is CC(=O)OC[C@H](O)[C@H](O)[C@H](O)[C@H](O)C=O. The molecule has 0 bridgehead atoms. The number of hydrogen-bond donors (Lipinski definition) is 4. The highest BCUT2D eigenvalue weighted by Gasteiger charge is 2.30. The Morgan fingerprint density at radius 3 is 2.20 bits per heavy atom. The van der Waals surface area contributed by atoms with E-state index in [0.717, 1.165) is 6.92 Å². The smallest absolute Gasteiger partial charge is 0.302 e. The van der Waals surface area contributed by atoms with E-state index in [9.17, 15) is 14.7 Å². The Morgan fingerprint density at radius 2 is 1.80 bits per heavy atom. The Balaban J connectivity index is 4.11. The van der Waals surface area contributed by atoms with Gasteiger partial charge in [0.2, 0.25) is 0 Å². The minimum absolute atomic E-state index is 0.0203. The molecular formula is C8H14O7. The van der Waals surface area contributed by atoms with Crippen LogP contribution in [0.25, 0.3) is 0 Å². The zero-order valence-corrected chi connectivity index (χ0v) is 8.11. The molecule has 7 nitrogen and oxygen atoms in total. The van der Waals surface area contributed by atoms with Crippen molar-refractivity contribution in [3.63, 3.8) is 0 Å². The largest absolute Gasteiger partial charge is 0.463 e. The molecule has 0 saturated carbocycles. The van der Waals surface area contributed by atoms with Crippen LogP contribution in [0.4, 0.5) is 0 Å². The van der Waals surface area contributed by atoms with Gasteiger partial charge in [-0.2, -0.15) is 0 Å².